The van der Waals surface area contributed by atoms with Gasteiger partial charge in [0.2, 0.25) is 5.95 Å². The molecule has 0 saturated carbocycles. The van der Waals surface area contributed by atoms with Gasteiger partial charge in [0.1, 0.15) is 5.82 Å². The number of nitrogens with one attached hydrogen (secondary N) is 3. The lowest BCUT2D eigenvalue weighted by molar-refractivity contribution is 0.685. The Morgan fingerprint density at radius 2 is 2.29 bits per heavy atom. The molecule has 6 nitrogen and oxygen atoms in total. The highest BCUT2D eigenvalue weighted by molar-refractivity contribution is 7.10. The van der Waals surface area contributed by atoms with Crippen molar-refractivity contribution in [2.24, 2.45) is 0 Å². The SMILES string of the molecule is CCCC(Nc1nc(NC)nc2[nH]ncc12)c1cccs1. The summed E-state index contributed by atoms with van der Waals surface area (Å²) in [5.74, 6) is 1.39. The third-order valence-corrected chi connectivity index (χ3v) is 4.29. The summed E-state index contributed by atoms with van der Waals surface area (Å²) < 4.78 is 0. The van der Waals surface area contributed by atoms with Crippen LogP contribution in [0.15, 0.2) is 23.7 Å². The molecule has 3 aromatic rings. The standard InChI is InChI=1S/C14H18N6S/c1-3-5-10(11-6-4-7-21-11)17-12-9-8-16-20-13(9)19-14(15-2)18-12/h4,6-8,10H,3,5H2,1-2H3,(H3,15,16,17,18,19,20). The fraction of sp³-hybridized carbons (Fsp3) is 0.357. The third-order valence-electron chi connectivity index (χ3n) is 3.31. The van der Waals surface area contributed by atoms with E-state index in [1.165, 1.54) is 4.88 Å². The summed E-state index contributed by atoms with van der Waals surface area (Å²) in [5, 5.41) is 16.5. The monoisotopic (exact) mass is 302 g/mol. The summed E-state index contributed by atoms with van der Waals surface area (Å²) in [5.41, 5.74) is 0.735. The van der Waals surface area contributed by atoms with E-state index in [1.807, 2.05) is 7.05 Å². The van der Waals surface area contributed by atoms with Crippen molar-refractivity contribution in [2.75, 3.05) is 17.7 Å². The molecule has 3 heterocycles. The van der Waals surface area contributed by atoms with Crippen molar-refractivity contribution in [3.8, 4) is 0 Å². The van der Waals surface area contributed by atoms with Gasteiger partial charge in [-0.1, -0.05) is 19.4 Å². The van der Waals surface area contributed by atoms with Gasteiger partial charge in [-0.05, 0) is 17.9 Å². The Labute approximate surface area is 127 Å². The molecule has 0 aliphatic heterocycles. The molecule has 3 rings (SSSR count). The first-order valence-corrected chi connectivity index (χ1v) is 7.88. The summed E-state index contributed by atoms with van der Waals surface area (Å²) in [6, 6.07) is 4.49. The van der Waals surface area contributed by atoms with Gasteiger partial charge in [-0.15, -0.1) is 11.3 Å². The highest BCUT2D eigenvalue weighted by Gasteiger charge is 2.16. The maximum absolute atomic E-state index is 4.53. The van der Waals surface area contributed by atoms with Crippen LogP contribution in [-0.4, -0.2) is 27.2 Å². The minimum Gasteiger partial charge on any atom is -0.362 e. The first-order chi connectivity index (χ1) is 10.3. The molecule has 21 heavy (non-hydrogen) atoms. The van der Waals surface area contributed by atoms with Crippen LogP contribution in [0.3, 0.4) is 0 Å². The first kappa shape index (κ1) is 13.8. The summed E-state index contributed by atoms with van der Waals surface area (Å²) in [4.78, 5) is 10.2. The maximum atomic E-state index is 4.53. The van der Waals surface area contributed by atoms with E-state index in [1.54, 1.807) is 17.5 Å². The molecule has 0 aromatic carbocycles. The van der Waals surface area contributed by atoms with Crippen molar-refractivity contribution in [2.45, 2.75) is 25.8 Å². The number of aromatic nitrogens is 4. The highest BCUT2D eigenvalue weighted by atomic mass is 32.1. The van der Waals surface area contributed by atoms with Crippen LogP contribution in [0.5, 0.6) is 0 Å². The molecule has 0 aliphatic rings. The molecule has 0 bridgehead atoms. The lowest BCUT2D eigenvalue weighted by atomic mass is 10.1. The number of hydrogen-bond donors (Lipinski definition) is 3. The van der Waals surface area contributed by atoms with Crippen molar-refractivity contribution in [3.63, 3.8) is 0 Å². The van der Waals surface area contributed by atoms with Crippen molar-refractivity contribution in [3.05, 3.63) is 28.6 Å². The molecule has 1 atom stereocenters. The number of rotatable bonds is 6. The van der Waals surface area contributed by atoms with Crippen LogP contribution < -0.4 is 10.6 Å². The molecule has 0 spiro atoms. The van der Waals surface area contributed by atoms with Crippen molar-refractivity contribution in [1.29, 1.82) is 0 Å². The Hall–Kier alpha value is -2.15. The van der Waals surface area contributed by atoms with Gasteiger partial charge in [0.15, 0.2) is 5.65 Å². The zero-order valence-electron chi connectivity index (χ0n) is 12.1. The molecule has 7 heteroatoms. The van der Waals surface area contributed by atoms with Gasteiger partial charge in [0.05, 0.1) is 17.6 Å². The van der Waals surface area contributed by atoms with Crippen LogP contribution in [0.2, 0.25) is 0 Å². The molecule has 1 unspecified atom stereocenters. The number of anilines is 2. The number of nitrogens with zero attached hydrogens (tertiary/aromatic N) is 3. The van der Waals surface area contributed by atoms with E-state index in [9.17, 15) is 0 Å². The molecular formula is C14H18N6S. The summed E-state index contributed by atoms with van der Waals surface area (Å²) in [6.07, 6.45) is 3.92. The van der Waals surface area contributed by atoms with Crippen LogP contribution in [0.4, 0.5) is 11.8 Å². The minimum absolute atomic E-state index is 0.257. The zero-order chi connectivity index (χ0) is 14.7. The smallest absolute Gasteiger partial charge is 0.226 e. The van der Waals surface area contributed by atoms with Crippen LogP contribution >= 0.6 is 11.3 Å². The van der Waals surface area contributed by atoms with E-state index in [0.29, 0.717) is 5.95 Å². The Bertz CT molecular complexity index is 705. The minimum atomic E-state index is 0.257. The second-order valence-corrected chi connectivity index (χ2v) is 5.76. The zero-order valence-corrected chi connectivity index (χ0v) is 12.9. The van der Waals surface area contributed by atoms with Gasteiger partial charge < -0.3 is 10.6 Å². The van der Waals surface area contributed by atoms with Crippen molar-refractivity contribution < 1.29 is 0 Å². The first-order valence-electron chi connectivity index (χ1n) is 7.00. The highest BCUT2D eigenvalue weighted by Crippen LogP contribution is 2.29. The quantitative estimate of drug-likeness (QED) is 0.650. The van der Waals surface area contributed by atoms with E-state index >= 15 is 0 Å². The lowest BCUT2D eigenvalue weighted by Gasteiger charge is -2.18. The van der Waals surface area contributed by atoms with E-state index in [-0.39, 0.29) is 6.04 Å². The van der Waals surface area contributed by atoms with Crippen LogP contribution in [-0.2, 0) is 0 Å². The van der Waals surface area contributed by atoms with E-state index in [2.05, 4.69) is 55.2 Å². The molecule has 0 aliphatic carbocycles. The van der Waals surface area contributed by atoms with Gasteiger partial charge in [-0.3, -0.25) is 5.10 Å². The van der Waals surface area contributed by atoms with Gasteiger partial charge in [-0.2, -0.15) is 15.1 Å². The Morgan fingerprint density at radius 3 is 3.00 bits per heavy atom. The van der Waals surface area contributed by atoms with Gasteiger partial charge in [0.25, 0.3) is 0 Å². The van der Waals surface area contributed by atoms with E-state index < -0.39 is 0 Å². The van der Waals surface area contributed by atoms with Crippen LogP contribution in [0.1, 0.15) is 30.7 Å². The van der Waals surface area contributed by atoms with Gasteiger partial charge >= 0.3 is 0 Å². The molecule has 0 fully saturated rings. The summed E-state index contributed by atoms with van der Waals surface area (Å²) in [7, 11) is 1.81. The fourth-order valence-electron chi connectivity index (χ4n) is 2.29. The molecule has 0 saturated heterocycles. The Morgan fingerprint density at radius 1 is 1.38 bits per heavy atom. The normalized spacial score (nSPS) is 12.5. The number of thiophene rings is 1. The fourth-order valence-corrected chi connectivity index (χ4v) is 3.10. The predicted molar refractivity (Wildman–Crippen MR) is 86.8 cm³/mol. The van der Waals surface area contributed by atoms with E-state index in [0.717, 1.165) is 29.7 Å². The van der Waals surface area contributed by atoms with Gasteiger partial charge in [-0.25, -0.2) is 0 Å². The Balaban J connectivity index is 1.97. The molecule has 3 aromatic heterocycles. The van der Waals surface area contributed by atoms with Crippen LogP contribution in [0, 0.1) is 0 Å². The molecule has 110 valence electrons. The maximum Gasteiger partial charge on any atom is 0.226 e. The number of fused-ring (bicyclic) bond motifs is 1. The van der Waals surface area contributed by atoms with Crippen molar-refractivity contribution >= 4 is 34.1 Å². The number of H-pyrrole nitrogens is 1. The predicted octanol–water partition coefficient (Wildman–Crippen LogP) is 3.41. The van der Waals surface area contributed by atoms with Gasteiger partial charge in [0, 0.05) is 11.9 Å². The van der Waals surface area contributed by atoms with Crippen LogP contribution in [0.25, 0.3) is 11.0 Å². The average Bonchev–Trinajstić information content (AvgIpc) is 3.17. The molecule has 3 N–H and O–H groups in total. The Kier molecular flexibility index (Phi) is 4.01. The number of aromatic amines is 1. The largest absolute Gasteiger partial charge is 0.362 e. The lowest BCUT2D eigenvalue weighted by Crippen LogP contribution is -2.11. The molecule has 0 radical (unpaired) electrons. The molecule has 0 amide bonds. The second-order valence-electron chi connectivity index (χ2n) is 4.78. The molecular weight excluding hydrogens is 284 g/mol. The van der Waals surface area contributed by atoms with Crippen molar-refractivity contribution in [1.82, 2.24) is 20.2 Å². The number of hydrogen-bond acceptors (Lipinski definition) is 6. The third kappa shape index (κ3) is 2.82. The second kappa shape index (κ2) is 6.09. The topological polar surface area (TPSA) is 78.5 Å². The summed E-state index contributed by atoms with van der Waals surface area (Å²) in [6.45, 7) is 2.19. The van der Waals surface area contributed by atoms with E-state index in [4.69, 9.17) is 0 Å². The average molecular weight is 302 g/mol. The summed E-state index contributed by atoms with van der Waals surface area (Å²) >= 11 is 1.76.